The van der Waals surface area contributed by atoms with Crippen LogP contribution in [0.15, 0.2) is 41.1 Å². The van der Waals surface area contributed by atoms with E-state index in [1.807, 2.05) is 37.3 Å². The SMILES string of the molecule is Cc1noc(C)c1CC(=O)NCC#CCOc1ccc2cccnc2c1. The Morgan fingerprint density at radius 1 is 1.27 bits per heavy atom. The first-order valence-electron chi connectivity index (χ1n) is 8.25. The summed E-state index contributed by atoms with van der Waals surface area (Å²) >= 11 is 0. The van der Waals surface area contributed by atoms with Crippen LogP contribution in [0.3, 0.4) is 0 Å². The molecule has 1 amide bonds. The monoisotopic (exact) mass is 349 g/mol. The Bertz CT molecular complexity index is 963. The zero-order valence-electron chi connectivity index (χ0n) is 14.7. The molecule has 0 unspecified atom stereocenters. The Labute approximate surface area is 151 Å². The van der Waals surface area contributed by atoms with Crippen LogP contribution in [-0.2, 0) is 11.2 Å². The van der Waals surface area contributed by atoms with E-state index in [0.29, 0.717) is 11.5 Å². The molecule has 6 heteroatoms. The number of pyridine rings is 1. The number of ether oxygens (including phenoxy) is 1. The lowest BCUT2D eigenvalue weighted by molar-refractivity contribution is -0.120. The van der Waals surface area contributed by atoms with E-state index in [0.717, 1.165) is 22.2 Å². The Hall–Kier alpha value is -3.33. The van der Waals surface area contributed by atoms with Crippen molar-refractivity contribution in [2.24, 2.45) is 0 Å². The summed E-state index contributed by atoms with van der Waals surface area (Å²) in [5.41, 5.74) is 2.44. The van der Waals surface area contributed by atoms with Crippen LogP contribution in [0.4, 0.5) is 0 Å². The first-order chi connectivity index (χ1) is 12.6. The molecule has 0 atom stereocenters. The molecule has 0 radical (unpaired) electrons. The van der Waals surface area contributed by atoms with Gasteiger partial charge >= 0.3 is 0 Å². The van der Waals surface area contributed by atoms with Gasteiger partial charge < -0.3 is 14.6 Å². The highest BCUT2D eigenvalue weighted by atomic mass is 16.5. The Kier molecular flexibility index (Phi) is 5.49. The van der Waals surface area contributed by atoms with E-state index >= 15 is 0 Å². The molecule has 0 aliphatic heterocycles. The summed E-state index contributed by atoms with van der Waals surface area (Å²) in [7, 11) is 0. The summed E-state index contributed by atoms with van der Waals surface area (Å²) in [5, 5.41) is 7.65. The average Bonchev–Trinajstić information content (AvgIpc) is 2.96. The molecular formula is C20H19N3O3. The minimum Gasteiger partial charge on any atom is -0.481 e. The molecule has 0 aliphatic rings. The van der Waals surface area contributed by atoms with Crippen molar-refractivity contribution in [3.8, 4) is 17.6 Å². The second-order valence-electron chi connectivity index (χ2n) is 5.76. The highest BCUT2D eigenvalue weighted by Gasteiger charge is 2.12. The van der Waals surface area contributed by atoms with Crippen molar-refractivity contribution in [3.63, 3.8) is 0 Å². The van der Waals surface area contributed by atoms with Gasteiger partial charge in [0, 0.05) is 23.2 Å². The zero-order chi connectivity index (χ0) is 18.4. The summed E-state index contributed by atoms with van der Waals surface area (Å²) < 4.78 is 10.6. The molecule has 3 aromatic rings. The second kappa shape index (κ2) is 8.17. The van der Waals surface area contributed by atoms with Crippen molar-refractivity contribution in [3.05, 3.63) is 53.5 Å². The molecule has 132 valence electrons. The minimum absolute atomic E-state index is 0.116. The molecule has 1 aromatic carbocycles. The van der Waals surface area contributed by atoms with Gasteiger partial charge in [-0.25, -0.2) is 0 Å². The maximum absolute atomic E-state index is 11.9. The standard InChI is InChI=1S/C20H19N3O3/c1-14-18(15(2)26-23-14)13-20(24)22-9-3-4-11-25-17-8-7-16-6-5-10-21-19(16)12-17/h5-8,10,12H,9,11,13H2,1-2H3,(H,22,24). The van der Waals surface area contributed by atoms with Gasteiger partial charge in [-0.05, 0) is 32.0 Å². The van der Waals surface area contributed by atoms with E-state index in [2.05, 4.69) is 27.3 Å². The highest BCUT2D eigenvalue weighted by Crippen LogP contribution is 2.18. The molecule has 0 spiro atoms. The number of carbonyl (C=O) groups is 1. The summed E-state index contributed by atoms with van der Waals surface area (Å²) in [6.07, 6.45) is 1.99. The summed E-state index contributed by atoms with van der Waals surface area (Å²) in [6, 6.07) is 9.62. The van der Waals surface area contributed by atoms with Gasteiger partial charge in [0.2, 0.25) is 5.91 Å². The number of rotatable bonds is 5. The summed E-state index contributed by atoms with van der Waals surface area (Å²) in [5.74, 6) is 7.02. The molecule has 6 nitrogen and oxygen atoms in total. The van der Waals surface area contributed by atoms with E-state index in [4.69, 9.17) is 9.26 Å². The molecule has 0 fully saturated rings. The van der Waals surface area contributed by atoms with Crippen LogP contribution >= 0.6 is 0 Å². The molecule has 0 saturated heterocycles. The van der Waals surface area contributed by atoms with Gasteiger partial charge in [-0.3, -0.25) is 9.78 Å². The van der Waals surface area contributed by atoms with Crippen LogP contribution in [0.25, 0.3) is 10.9 Å². The number of aromatic nitrogens is 2. The van der Waals surface area contributed by atoms with Gasteiger partial charge in [0.25, 0.3) is 0 Å². The van der Waals surface area contributed by atoms with Gasteiger partial charge in [-0.2, -0.15) is 0 Å². The van der Waals surface area contributed by atoms with Gasteiger partial charge in [0.15, 0.2) is 0 Å². The van der Waals surface area contributed by atoms with Crippen molar-refractivity contribution in [2.45, 2.75) is 20.3 Å². The first-order valence-corrected chi connectivity index (χ1v) is 8.25. The van der Waals surface area contributed by atoms with Crippen molar-refractivity contribution in [1.82, 2.24) is 15.5 Å². The quantitative estimate of drug-likeness (QED) is 0.717. The number of amides is 1. The largest absolute Gasteiger partial charge is 0.481 e. The van der Waals surface area contributed by atoms with Crippen LogP contribution in [-0.4, -0.2) is 29.2 Å². The second-order valence-corrected chi connectivity index (χ2v) is 5.76. The normalized spacial score (nSPS) is 10.2. The van der Waals surface area contributed by atoms with Crippen LogP contribution in [0.5, 0.6) is 5.75 Å². The molecule has 0 saturated carbocycles. The minimum atomic E-state index is -0.116. The van der Waals surface area contributed by atoms with Gasteiger partial charge in [0.1, 0.15) is 18.1 Å². The summed E-state index contributed by atoms with van der Waals surface area (Å²) in [6.45, 7) is 4.13. The predicted octanol–water partition coefficient (Wildman–Crippen LogP) is 2.58. The molecule has 2 aromatic heterocycles. The van der Waals surface area contributed by atoms with Crippen molar-refractivity contribution in [1.29, 1.82) is 0 Å². The number of hydrogen-bond acceptors (Lipinski definition) is 5. The number of fused-ring (bicyclic) bond motifs is 1. The smallest absolute Gasteiger partial charge is 0.225 e. The van der Waals surface area contributed by atoms with Crippen molar-refractivity contribution < 1.29 is 14.1 Å². The number of carbonyl (C=O) groups excluding carboxylic acids is 1. The van der Waals surface area contributed by atoms with E-state index in [1.54, 1.807) is 13.1 Å². The topological polar surface area (TPSA) is 77.2 Å². The molecule has 2 heterocycles. The fraction of sp³-hybridized carbons (Fsp3) is 0.250. The van der Waals surface area contributed by atoms with Gasteiger partial charge in [-0.1, -0.05) is 23.1 Å². The maximum atomic E-state index is 11.9. The molecule has 1 N–H and O–H groups in total. The average molecular weight is 349 g/mol. The number of nitrogens with one attached hydrogen (secondary N) is 1. The van der Waals surface area contributed by atoms with Gasteiger partial charge in [0.05, 0.1) is 24.2 Å². The van der Waals surface area contributed by atoms with Crippen LogP contribution in [0.1, 0.15) is 17.0 Å². The number of nitrogens with zero attached hydrogens (tertiary/aromatic N) is 2. The fourth-order valence-corrected chi connectivity index (χ4v) is 2.49. The van der Waals surface area contributed by atoms with Crippen molar-refractivity contribution >= 4 is 16.8 Å². The van der Waals surface area contributed by atoms with Crippen LogP contribution in [0.2, 0.25) is 0 Å². The number of benzene rings is 1. The van der Waals surface area contributed by atoms with Gasteiger partial charge in [-0.15, -0.1) is 0 Å². The third kappa shape index (κ3) is 4.39. The first kappa shape index (κ1) is 17.5. The lowest BCUT2D eigenvalue weighted by Gasteiger charge is -2.03. The van der Waals surface area contributed by atoms with E-state index in [9.17, 15) is 4.79 Å². The molecule has 0 bridgehead atoms. The third-order valence-corrected chi connectivity index (χ3v) is 3.91. The van der Waals surface area contributed by atoms with E-state index in [-0.39, 0.29) is 25.5 Å². The molecule has 0 aliphatic carbocycles. The number of hydrogen-bond donors (Lipinski definition) is 1. The third-order valence-electron chi connectivity index (χ3n) is 3.91. The maximum Gasteiger partial charge on any atom is 0.225 e. The molecule has 26 heavy (non-hydrogen) atoms. The lowest BCUT2D eigenvalue weighted by Crippen LogP contribution is -2.25. The zero-order valence-corrected chi connectivity index (χ0v) is 14.7. The molecular weight excluding hydrogens is 330 g/mol. The summed E-state index contributed by atoms with van der Waals surface area (Å²) in [4.78, 5) is 16.2. The van der Waals surface area contributed by atoms with Crippen molar-refractivity contribution in [2.75, 3.05) is 13.2 Å². The number of aryl methyl sites for hydroxylation is 2. The van der Waals surface area contributed by atoms with Crippen LogP contribution in [0, 0.1) is 25.7 Å². The van der Waals surface area contributed by atoms with Crippen LogP contribution < -0.4 is 10.1 Å². The van der Waals surface area contributed by atoms with E-state index in [1.165, 1.54) is 0 Å². The highest BCUT2D eigenvalue weighted by molar-refractivity contribution is 5.80. The predicted molar refractivity (Wildman–Crippen MR) is 97.7 cm³/mol. The lowest BCUT2D eigenvalue weighted by atomic mass is 10.1. The van der Waals surface area contributed by atoms with E-state index < -0.39 is 0 Å². The fourth-order valence-electron chi connectivity index (χ4n) is 2.49. The Balaban J connectivity index is 1.43. The Morgan fingerprint density at radius 3 is 2.96 bits per heavy atom. The Morgan fingerprint density at radius 2 is 2.15 bits per heavy atom. The molecule has 3 rings (SSSR count).